The first kappa shape index (κ1) is 26.3. The number of urea groups is 1. The second-order valence-electron chi connectivity index (χ2n) is 9.43. The summed E-state index contributed by atoms with van der Waals surface area (Å²) < 4.78 is 85.2. The lowest BCUT2D eigenvalue weighted by Gasteiger charge is -2.34. The van der Waals surface area contributed by atoms with E-state index in [2.05, 4.69) is 0 Å². The number of benzene rings is 2. The van der Waals surface area contributed by atoms with Gasteiger partial charge in [-0.3, -0.25) is 0 Å². The molecule has 0 bridgehead atoms. The Morgan fingerprint density at radius 1 is 0.917 bits per heavy atom. The Bertz CT molecular complexity index is 1050. The number of amides is 2. The van der Waals surface area contributed by atoms with Gasteiger partial charge in [-0.05, 0) is 11.1 Å². The van der Waals surface area contributed by atoms with Gasteiger partial charge in [0.1, 0.15) is 0 Å². The van der Waals surface area contributed by atoms with Crippen molar-refractivity contribution in [2.75, 3.05) is 39.4 Å². The van der Waals surface area contributed by atoms with Gasteiger partial charge in [0, 0.05) is 43.1 Å². The monoisotopic (exact) mass is 516 g/mol. The summed E-state index contributed by atoms with van der Waals surface area (Å²) in [7, 11) is 0. The van der Waals surface area contributed by atoms with Crippen LogP contribution in [0.2, 0.25) is 0 Å². The summed E-state index contributed by atoms with van der Waals surface area (Å²) in [5.74, 6) is -0.413. The third-order valence-electron chi connectivity index (χ3n) is 7.23. The van der Waals surface area contributed by atoms with Gasteiger partial charge < -0.3 is 19.6 Å². The molecule has 2 saturated heterocycles. The number of rotatable bonds is 3. The van der Waals surface area contributed by atoms with Crippen LogP contribution < -0.4 is 0 Å². The van der Waals surface area contributed by atoms with Crippen molar-refractivity contribution >= 4 is 6.03 Å². The third kappa shape index (κ3) is 4.43. The van der Waals surface area contributed by atoms with Crippen LogP contribution in [0.3, 0.4) is 0 Å². The zero-order valence-corrected chi connectivity index (χ0v) is 19.4. The molecular weight excluding hydrogens is 490 g/mol. The van der Waals surface area contributed by atoms with E-state index >= 15 is 0 Å². The van der Waals surface area contributed by atoms with Gasteiger partial charge in [0.05, 0.1) is 13.2 Å². The summed E-state index contributed by atoms with van der Waals surface area (Å²) in [5.41, 5.74) is -5.61. The molecule has 2 atom stereocenters. The van der Waals surface area contributed by atoms with Crippen LogP contribution in [0.5, 0.6) is 0 Å². The quantitative estimate of drug-likeness (QED) is 0.596. The number of nitrogens with zero attached hydrogens (tertiary/aromatic N) is 2. The standard InChI is InChI=1S/C25H26F6N2O3/c1-22(18-5-3-2-4-6-18)16-33(21(34)32-11-13-36-14-12-32)15-20(22)17-7-9-19(10-8-17)23(35,24(26,27)28)25(29,30)31/h2-10,20,35H,11-16H2,1H3/t20-,22+/m0/s1. The molecule has 2 fully saturated rings. The van der Waals surface area contributed by atoms with Crippen LogP contribution in [0, 0.1) is 0 Å². The zero-order valence-electron chi connectivity index (χ0n) is 19.4. The molecule has 0 spiro atoms. The van der Waals surface area contributed by atoms with Crippen LogP contribution in [0.25, 0.3) is 0 Å². The average Bonchev–Trinajstić information content (AvgIpc) is 3.21. The molecule has 2 heterocycles. The molecule has 1 N–H and O–H groups in total. The van der Waals surface area contributed by atoms with Crippen LogP contribution in [0.4, 0.5) is 31.1 Å². The topological polar surface area (TPSA) is 53.0 Å². The van der Waals surface area contributed by atoms with E-state index in [9.17, 15) is 36.2 Å². The summed E-state index contributed by atoms with van der Waals surface area (Å²) >= 11 is 0. The molecule has 2 aromatic carbocycles. The smallest absolute Gasteiger partial charge is 0.378 e. The SMILES string of the molecule is C[C@]1(c2ccccc2)CN(C(=O)N2CCOCC2)C[C@H]1c1ccc(C(O)(C(F)(F)F)C(F)(F)F)cc1. The van der Waals surface area contributed by atoms with E-state index in [1.54, 1.807) is 9.80 Å². The fourth-order valence-corrected chi connectivity index (χ4v) is 5.12. The Morgan fingerprint density at radius 3 is 2.00 bits per heavy atom. The molecule has 2 amide bonds. The summed E-state index contributed by atoms with van der Waals surface area (Å²) in [6.45, 7) is 4.17. The van der Waals surface area contributed by atoms with Crippen molar-refractivity contribution in [1.29, 1.82) is 0 Å². The van der Waals surface area contributed by atoms with Gasteiger partial charge in [-0.2, -0.15) is 26.3 Å². The first-order valence-corrected chi connectivity index (χ1v) is 11.4. The first-order valence-electron chi connectivity index (χ1n) is 11.4. The van der Waals surface area contributed by atoms with E-state index in [0.717, 1.165) is 5.56 Å². The van der Waals surface area contributed by atoms with E-state index in [4.69, 9.17) is 4.74 Å². The van der Waals surface area contributed by atoms with Gasteiger partial charge in [0.2, 0.25) is 0 Å². The molecule has 5 nitrogen and oxygen atoms in total. The van der Waals surface area contributed by atoms with Crippen molar-refractivity contribution in [2.45, 2.75) is 36.2 Å². The molecule has 4 rings (SSSR count). The highest BCUT2D eigenvalue weighted by molar-refractivity contribution is 5.75. The van der Waals surface area contributed by atoms with Gasteiger partial charge in [-0.25, -0.2) is 4.79 Å². The lowest BCUT2D eigenvalue weighted by atomic mass is 9.71. The fraction of sp³-hybridized carbons (Fsp3) is 0.480. The predicted molar refractivity (Wildman–Crippen MR) is 118 cm³/mol. The highest BCUT2D eigenvalue weighted by Crippen LogP contribution is 2.51. The molecule has 0 aromatic heterocycles. The Labute approximate surface area is 204 Å². The normalized spacial score (nSPS) is 23.7. The lowest BCUT2D eigenvalue weighted by Crippen LogP contribution is -2.53. The van der Waals surface area contributed by atoms with Crippen LogP contribution in [0.15, 0.2) is 54.6 Å². The number of ether oxygens (including phenoxy) is 1. The minimum atomic E-state index is -5.96. The number of hydrogen-bond donors (Lipinski definition) is 1. The molecule has 2 aliphatic heterocycles. The molecular formula is C25H26F6N2O3. The highest BCUT2D eigenvalue weighted by Gasteiger charge is 2.71. The summed E-state index contributed by atoms with van der Waals surface area (Å²) in [6, 6.07) is 12.7. The van der Waals surface area contributed by atoms with Gasteiger partial charge in [-0.1, -0.05) is 61.5 Å². The van der Waals surface area contributed by atoms with Gasteiger partial charge in [-0.15, -0.1) is 0 Å². The number of aliphatic hydroxyl groups is 1. The Kier molecular flexibility index (Phi) is 6.76. The van der Waals surface area contributed by atoms with Gasteiger partial charge in [0.15, 0.2) is 0 Å². The maximum absolute atomic E-state index is 13.3. The maximum Gasteiger partial charge on any atom is 0.430 e. The average molecular weight is 516 g/mol. The summed E-state index contributed by atoms with van der Waals surface area (Å²) in [5, 5.41) is 9.73. The van der Waals surface area contributed by atoms with Crippen LogP contribution in [-0.4, -0.2) is 72.7 Å². The fourth-order valence-electron chi connectivity index (χ4n) is 5.12. The zero-order chi connectivity index (χ0) is 26.4. The van der Waals surface area contributed by atoms with E-state index in [1.807, 2.05) is 37.3 Å². The second kappa shape index (κ2) is 9.26. The number of morpholine rings is 1. The second-order valence-corrected chi connectivity index (χ2v) is 9.43. The lowest BCUT2D eigenvalue weighted by molar-refractivity contribution is -0.376. The van der Waals surface area contributed by atoms with Gasteiger partial charge in [0.25, 0.3) is 5.60 Å². The van der Waals surface area contributed by atoms with Crippen molar-refractivity contribution in [3.05, 3.63) is 71.3 Å². The largest absolute Gasteiger partial charge is 0.430 e. The number of hydrogen-bond acceptors (Lipinski definition) is 3. The van der Waals surface area contributed by atoms with Crippen LogP contribution in [-0.2, 0) is 15.8 Å². The highest BCUT2D eigenvalue weighted by atomic mass is 19.4. The number of carbonyl (C=O) groups excluding carboxylic acids is 1. The number of likely N-dealkylation sites (tertiary alicyclic amines) is 1. The predicted octanol–water partition coefficient (Wildman–Crippen LogP) is 4.81. The molecule has 2 aliphatic rings. The molecule has 0 unspecified atom stereocenters. The Morgan fingerprint density at radius 2 is 1.47 bits per heavy atom. The molecule has 196 valence electrons. The van der Waals surface area contributed by atoms with Crippen molar-refractivity contribution < 1.29 is 41.0 Å². The third-order valence-corrected chi connectivity index (χ3v) is 7.23. The van der Waals surface area contributed by atoms with Crippen molar-refractivity contribution in [1.82, 2.24) is 9.80 Å². The molecule has 2 aromatic rings. The summed E-state index contributed by atoms with van der Waals surface area (Å²) in [6.07, 6.45) is -11.9. The molecule has 0 aliphatic carbocycles. The number of halogens is 6. The number of carbonyl (C=O) groups is 1. The maximum atomic E-state index is 13.3. The molecule has 0 saturated carbocycles. The minimum Gasteiger partial charge on any atom is -0.378 e. The van der Waals surface area contributed by atoms with Crippen LogP contribution >= 0.6 is 0 Å². The van der Waals surface area contributed by atoms with Crippen LogP contribution in [0.1, 0.15) is 29.5 Å². The van der Waals surface area contributed by atoms with E-state index in [-0.39, 0.29) is 12.6 Å². The van der Waals surface area contributed by atoms with Crippen molar-refractivity contribution in [3.63, 3.8) is 0 Å². The first-order chi connectivity index (χ1) is 16.8. The van der Waals surface area contributed by atoms with E-state index < -0.39 is 34.8 Å². The minimum absolute atomic E-state index is 0.192. The molecule has 11 heteroatoms. The van der Waals surface area contributed by atoms with E-state index in [1.165, 1.54) is 12.1 Å². The Hall–Kier alpha value is -2.79. The van der Waals surface area contributed by atoms with Crippen molar-refractivity contribution in [2.24, 2.45) is 0 Å². The summed E-state index contributed by atoms with van der Waals surface area (Å²) in [4.78, 5) is 16.6. The van der Waals surface area contributed by atoms with Crippen molar-refractivity contribution in [3.8, 4) is 0 Å². The molecule has 36 heavy (non-hydrogen) atoms. The number of alkyl halides is 6. The molecule has 0 radical (unpaired) electrons. The Balaban J connectivity index is 1.70. The van der Waals surface area contributed by atoms with Gasteiger partial charge >= 0.3 is 18.4 Å². The van der Waals surface area contributed by atoms with E-state index in [0.29, 0.717) is 50.5 Å².